The monoisotopic (exact) mass is 495 g/mol. The molecule has 3 aromatic carbocycles. The molecule has 0 aliphatic rings. The van der Waals surface area contributed by atoms with Gasteiger partial charge in [0.15, 0.2) is 5.16 Å². The van der Waals surface area contributed by atoms with Gasteiger partial charge in [0.25, 0.3) is 0 Å². The molecule has 1 aromatic heterocycles. The van der Waals surface area contributed by atoms with E-state index >= 15 is 0 Å². The van der Waals surface area contributed by atoms with Crippen molar-refractivity contribution in [2.75, 3.05) is 5.32 Å². The topological polar surface area (TPSA) is 57.8 Å². The lowest BCUT2D eigenvalue weighted by Crippen LogP contribution is -2.21. The quantitative estimate of drug-likeness (QED) is 0.284. The molecule has 0 radical (unpaired) electrons. The number of H-pyrrole nitrogens is 1. The molecule has 0 saturated carbocycles. The number of aromatic amines is 1. The van der Waals surface area contributed by atoms with Crippen LogP contribution < -0.4 is 5.32 Å². The molecule has 0 spiro atoms. The first-order chi connectivity index (χ1) is 15.2. The summed E-state index contributed by atoms with van der Waals surface area (Å²) in [5, 5.41) is 2.41. The second kappa shape index (κ2) is 9.05. The molecule has 4 rings (SSSR count). The number of carbonyl (C=O) groups excluding carboxylic acids is 1. The van der Waals surface area contributed by atoms with Gasteiger partial charge in [-0.2, -0.15) is 13.2 Å². The van der Waals surface area contributed by atoms with Crippen molar-refractivity contribution in [1.29, 1.82) is 0 Å². The second-order valence-electron chi connectivity index (χ2n) is 6.79. The molecule has 0 bridgehead atoms. The highest BCUT2D eigenvalue weighted by Crippen LogP contribution is 2.39. The molecule has 1 unspecified atom stereocenters. The van der Waals surface area contributed by atoms with E-state index in [9.17, 15) is 18.0 Å². The predicted molar refractivity (Wildman–Crippen MR) is 121 cm³/mol. The molecule has 10 heteroatoms. The summed E-state index contributed by atoms with van der Waals surface area (Å²) < 4.78 is 40.4. The fourth-order valence-corrected chi connectivity index (χ4v) is 4.43. The lowest BCUT2D eigenvalue weighted by atomic mass is 10.1. The Bertz CT molecular complexity index is 1280. The first-order valence-corrected chi connectivity index (χ1v) is 10.9. The van der Waals surface area contributed by atoms with Crippen LogP contribution in [0.3, 0.4) is 0 Å². The average molecular weight is 496 g/mol. The van der Waals surface area contributed by atoms with E-state index in [1.54, 1.807) is 48.5 Å². The Balaban J connectivity index is 1.67. The number of amides is 1. The minimum absolute atomic E-state index is 0.0785. The summed E-state index contributed by atoms with van der Waals surface area (Å²) >= 11 is 12.8. The lowest BCUT2D eigenvalue weighted by molar-refractivity contribution is -0.137. The van der Waals surface area contributed by atoms with Gasteiger partial charge >= 0.3 is 6.18 Å². The van der Waals surface area contributed by atoms with Crippen LogP contribution in [0.4, 0.5) is 18.9 Å². The number of alkyl halides is 3. The maximum Gasteiger partial charge on any atom is 0.418 e. The van der Waals surface area contributed by atoms with E-state index in [0.717, 1.165) is 23.9 Å². The number of thioether (sulfide) groups is 1. The van der Waals surface area contributed by atoms with Crippen molar-refractivity contribution in [1.82, 2.24) is 9.97 Å². The van der Waals surface area contributed by atoms with Crippen LogP contribution in [0.5, 0.6) is 0 Å². The van der Waals surface area contributed by atoms with Crippen LogP contribution in [0.15, 0.2) is 71.9 Å². The molecule has 1 atom stereocenters. The second-order valence-corrected chi connectivity index (χ2v) is 8.76. The molecule has 0 aliphatic carbocycles. The number of aromatic nitrogens is 2. The summed E-state index contributed by atoms with van der Waals surface area (Å²) in [4.78, 5) is 20.7. The van der Waals surface area contributed by atoms with Crippen LogP contribution in [-0.2, 0) is 11.0 Å². The number of hydrogen-bond donors (Lipinski definition) is 2. The Morgan fingerprint density at radius 2 is 1.69 bits per heavy atom. The van der Waals surface area contributed by atoms with E-state index in [1.165, 1.54) is 6.07 Å². The highest BCUT2D eigenvalue weighted by Gasteiger charge is 2.35. The Hall–Kier alpha value is -2.68. The highest BCUT2D eigenvalue weighted by atomic mass is 35.5. The number of carbonyl (C=O) groups is 1. The van der Waals surface area contributed by atoms with Crippen LogP contribution in [-0.4, -0.2) is 15.9 Å². The molecule has 0 aliphatic heterocycles. The summed E-state index contributed by atoms with van der Waals surface area (Å²) in [7, 11) is 0. The van der Waals surface area contributed by atoms with Gasteiger partial charge in [-0.25, -0.2) is 4.98 Å². The van der Waals surface area contributed by atoms with Crippen LogP contribution in [0, 0.1) is 0 Å². The van der Waals surface area contributed by atoms with E-state index in [-0.39, 0.29) is 10.7 Å². The number of nitrogens with one attached hydrogen (secondary N) is 2. The molecule has 4 nitrogen and oxygen atoms in total. The Labute approximate surface area is 195 Å². The minimum Gasteiger partial charge on any atom is -0.333 e. The Morgan fingerprint density at radius 1 is 1.00 bits per heavy atom. The highest BCUT2D eigenvalue weighted by molar-refractivity contribution is 8.00. The van der Waals surface area contributed by atoms with Gasteiger partial charge in [-0.1, -0.05) is 65.3 Å². The van der Waals surface area contributed by atoms with Crippen molar-refractivity contribution in [2.24, 2.45) is 0 Å². The number of rotatable bonds is 5. The summed E-state index contributed by atoms with van der Waals surface area (Å²) in [6.45, 7) is 0. The fraction of sp³-hybridized carbons (Fsp3) is 0.0909. The molecule has 1 amide bonds. The Kier molecular flexibility index (Phi) is 6.37. The number of imidazole rings is 1. The summed E-state index contributed by atoms with van der Waals surface area (Å²) in [6, 6.07) is 17.1. The first kappa shape index (κ1) is 22.5. The largest absolute Gasteiger partial charge is 0.418 e. The molecule has 0 saturated heterocycles. The number of anilines is 1. The van der Waals surface area contributed by atoms with E-state index in [4.69, 9.17) is 23.2 Å². The van der Waals surface area contributed by atoms with Crippen molar-refractivity contribution in [2.45, 2.75) is 16.6 Å². The van der Waals surface area contributed by atoms with Crippen LogP contribution in [0.1, 0.15) is 16.4 Å². The zero-order chi connectivity index (χ0) is 22.9. The fourth-order valence-electron chi connectivity index (χ4n) is 3.08. The average Bonchev–Trinajstić information content (AvgIpc) is 3.14. The van der Waals surface area contributed by atoms with E-state index in [1.807, 2.05) is 0 Å². The molecular weight excluding hydrogens is 482 g/mol. The number of halogens is 5. The summed E-state index contributed by atoms with van der Waals surface area (Å²) in [6.07, 6.45) is -4.68. The van der Waals surface area contributed by atoms with Gasteiger partial charge in [0, 0.05) is 10.0 Å². The van der Waals surface area contributed by atoms with Crippen molar-refractivity contribution < 1.29 is 18.0 Å². The third-order valence-corrected chi connectivity index (χ3v) is 6.15. The zero-order valence-electron chi connectivity index (χ0n) is 16.1. The molecule has 32 heavy (non-hydrogen) atoms. The molecular formula is C22H14Cl2F3N3OS. The van der Waals surface area contributed by atoms with Gasteiger partial charge in [-0.05, 0) is 42.0 Å². The molecule has 4 aromatic rings. The van der Waals surface area contributed by atoms with Gasteiger partial charge in [0.05, 0.1) is 22.3 Å². The molecule has 164 valence electrons. The third-order valence-electron chi connectivity index (χ3n) is 4.54. The number of hydrogen-bond acceptors (Lipinski definition) is 3. The smallest absolute Gasteiger partial charge is 0.333 e. The van der Waals surface area contributed by atoms with Crippen LogP contribution in [0.25, 0.3) is 11.0 Å². The number of benzene rings is 3. The van der Waals surface area contributed by atoms with Gasteiger partial charge in [0.1, 0.15) is 5.25 Å². The van der Waals surface area contributed by atoms with Gasteiger partial charge in [-0.3, -0.25) is 4.79 Å². The maximum atomic E-state index is 13.5. The lowest BCUT2D eigenvalue weighted by Gasteiger charge is -2.18. The van der Waals surface area contributed by atoms with E-state index < -0.39 is 22.9 Å². The van der Waals surface area contributed by atoms with Crippen molar-refractivity contribution in [3.05, 3.63) is 87.9 Å². The molecule has 2 N–H and O–H groups in total. The van der Waals surface area contributed by atoms with Crippen molar-refractivity contribution in [3.8, 4) is 0 Å². The first-order valence-electron chi connectivity index (χ1n) is 9.25. The Morgan fingerprint density at radius 3 is 2.41 bits per heavy atom. The summed E-state index contributed by atoms with van der Waals surface area (Å²) in [5.74, 6) is -0.632. The number of nitrogens with zero attached hydrogens (tertiary/aromatic N) is 1. The summed E-state index contributed by atoms with van der Waals surface area (Å²) in [5.41, 5.74) is 0.555. The zero-order valence-corrected chi connectivity index (χ0v) is 18.4. The normalized spacial score (nSPS) is 12.7. The van der Waals surface area contributed by atoms with Crippen LogP contribution >= 0.6 is 35.0 Å². The van der Waals surface area contributed by atoms with Crippen molar-refractivity contribution in [3.63, 3.8) is 0 Å². The third kappa shape index (κ3) is 5.03. The molecule has 1 heterocycles. The van der Waals surface area contributed by atoms with Gasteiger partial charge < -0.3 is 10.3 Å². The van der Waals surface area contributed by atoms with Crippen LogP contribution in [0.2, 0.25) is 10.0 Å². The van der Waals surface area contributed by atoms with E-state index in [0.29, 0.717) is 26.8 Å². The number of fused-ring (bicyclic) bond motifs is 1. The molecule has 0 fully saturated rings. The van der Waals surface area contributed by atoms with E-state index in [2.05, 4.69) is 15.3 Å². The van der Waals surface area contributed by atoms with Crippen molar-refractivity contribution >= 4 is 57.6 Å². The van der Waals surface area contributed by atoms with Gasteiger partial charge in [0.2, 0.25) is 5.91 Å². The standard InChI is InChI=1S/C22H14Cl2F3N3OS/c23-13-6-8-16(15(10-13)22(25,26)27)28-20(31)19(12-4-2-1-3-5-12)32-21-29-17-9-7-14(24)11-18(17)30-21/h1-11,19H,(H,28,31)(H,29,30). The van der Waals surface area contributed by atoms with Gasteiger partial charge in [-0.15, -0.1) is 0 Å². The predicted octanol–water partition coefficient (Wildman–Crippen LogP) is 7.36. The maximum absolute atomic E-state index is 13.5. The minimum atomic E-state index is -4.68. The SMILES string of the molecule is O=C(Nc1ccc(Cl)cc1C(F)(F)F)C(Sc1nc2ccc(Cl)cc2[nH]1)c1ccccc1.